The molecule has 1 N–H and O–H groups in total. The first-order valence-electron chi connectivity index (χ1n) is 8.57. The Bertz CT molecular complexity index is 763. The molecule has 1 saturated heterocycles. The molecule has 26 heavy (non-hydrogen) atoms. The first-order chi connectivity index (χ1) is 12.6. The Labute approximate surface area is 155 Å². The maximum atomic E-state index is 13.3. The molecule has 0 aliphatic carbocycles. The highest BCUT2D eigenvalue weighted by molar-refractivity contribution is 8.00. The van der Waals surface area contributed by atoms with Gasteiger partial charge in [0.25, 0.3) is 0 Å². The van der Waals surface area contributed by atoms with Gasteiger partial charge in [0.1, 0.15) is 5.82 Å². The lowest BCUT2D eigenvalue weighted by atomic mass is 10.3. The molecule has 0 radical (unpaired) electrons. The maximum Gasteiger partial charge on any atom is 0.237 e. The van der Waals surface area contributed by atoms with Crippen molar-refractivity contribution in [1.29, 1.82) is 0 Å². The second kappa shape index (κ2) is 8.50. The molecule has 3 rings (SSSR count). The number of hydrogen-bond donors (Lipinski definition) is 1. The highest BCUT2D eigenvalue weighted by atomic mass is 32.2. The maximum absolute atomic E-state index is 13.3. The number of benzene rings is 1. The smallest absolute Gasteiger partial charge is 0.237 e. The number of hydrogen-bond acceptors (Lipinski definition) is 6. The van der Waals surface area contributed by atoms with Crippen molar-refractivity contribution >= 4 is 29.3 Å². The summed E-state index contributed by atoms with van der Waals surface area (Å²) in [7, 11) is 0. The molecule has 0 unspecified atom stereocenters. The number of carbonyl (C=O) groups excluding carboxylic acids is 1. The predicted molar refractivity (Wildman–Crippen MR) is 99.1 cm³/mol. The molecule has 1 aromatic carbocycles. The van der Waals surface area contributed by atoms with Gasteiger partial charge in [0.2, 0.25) is 11.9 Å². The highest BCUT2D eigenvalue weighted by Crippen LogP contribution is 2.26. The van der Waals surface area contributed by atoms with E-state index in [9.17, 15) is 9.18 Å². The van der Waals surface area contributed by atoms with Crippen LogP contribution in [-0.2, 0) is 16.1 Å². The molecule has 1 aliphatic heterocycles. The van der Waals surface area contributed by atoms with E-state index in [0.29, 0.717) is 30.6 Å². The number of morpholine rings is 1. The van der Waals surface area contributed by atoms with Gasteiger partial charge in [0.15, 0.2) is 5.16 Å². The number of carbonyl (C=O) groups is 1. The summed E-state index contributed by atoms with van der Waals surface area (Å²) in [6.45, 7) is 7.42. The Morgan fingerprint density at radius 2 is 2.15 bits per heavy atom. The molecule has 0 spiro atoms. The van der Waals surface area contributed by atoms with E-state index in [1.807, 2.05) is 11.5 Å². The van der Waals surface area contributed by atoms with E-state index in [2.05, 4.69) is 20.4 Å². The molecule has 1 amide bonds. The fourth-order valence-electron chi connectivity index (χ4n) is 2.66. The minimum atomic E-state index is -0.398. The number of aromatic nitrogens is 3. The average Bonchev–Trinajstić information content (AvgIpc) is 3.05. The fourth-order valence-corrected chi connectivity index (χ4v) is 3.57. The summed E-state index contributed by atoms with van der Waals surface area (Å²) in [4.78, 5) is 14.5. The van der Waals surface area contributed by atoms with Crippen molar-refractivity contribution in [2.24, 2.45) is 0 Å². The van der Waals surface area contributed by atoms with Gasteiger partial charge in [-0.15, -0.1) is 10.2 Å². The quantitative estimate of drug-likeness (QED) is 0.777. The van der Waals surface area contributed by atoms with Crippen LogP contribution in [0.25, 0.3) is 0 Å². The fraction of sp³-hybridized carbons (Fsp3) is 0.471. The van der Waals surface area contributed by atoms with Crippen molar-refractivity contribution in [3.63, 3.8) is 0 Å². The van der Waals surface area contributed by atoms with Gasteiger partial charge in [0, 0.05) is 25.3 Å². The van der Waals surface area contributed by atoms with Gasteiger partial charge in [-0.05, 0) is 32.0 Å². The van der Waals surface area contributed by atoms with Crippen LogP contribution in [0.4, 0.5) is 16.0 Å². The van der Waals surface area contributed by atoms with Crippen molar-refractivity contribution in [2.75, 3.05) is 36.5 Å². The largest absolute Gasteiger partial charge is 0.378 e. The van der Waals surface area contributed by atoms with Crippen LogP contribution in [0, 0.1) is 5.82 Å². The Morgan fingerprint density at radius 3 is 2.85 bits per heavy atom. The first kappa shape index (κ1) is 18.7. The van der Waals surface area contributed by atoms with Gasteiger partial charge in [-0.2, -0.15) is 0 Å². The van der Waals surface area contributed by atoms with Crippen LogP contribution in [0.1, 0.15) is 13.8 Å². The van der Waals surface area contributed by atoms with Crippen LogP contribution in [-0.4, -0.2) is 52.2 Å². The number of halogens is 1. The third-order valence-electron chi connectivity index (χ3n) is 4.05. The van der Waals surface area contributed by atoms with E-state index in [1.54, 1.807) is 19.1 Å². The van der Waals surface area contributed by atoms with Crippen LogP contribution in [0.2, 0.25) is 0 Å². The molecule has 1 aromatic heterocycles. The van der Waals surface area contributed by atoms with Crippen LogP contribution >= 0.6 is 11.8 Å². The summed E-state index contributed by atoms with van der Waals surface area (Å²) < 4.78 is 20.6. The van der Waals surface area contributed by atoms with E-state index in [4.69, 9.17) is 4.74 Å². The van der Waals surface area contributed by atoms with Crippen molar-refractivity contribution in [3.8, 4) is 0 Å². The number of nitrogens with zero attached hydrogens (tertiary/aromatic N) is 4. The SMILES string of the molecule is CCn1c(S[C@@H](C)C(=O)Nc2cccc(F)c2)nnc1N1CCOCC1. The minimum Gasteiger partial charge on any atom is -0.378 e. The average molecular weight is 379 g/mol. The third kappa shape index (κ3) is 4.34. The standard InChI is InChI=1S/C17H22FN5O2S/c1-3-23-16(22-7-9-25-10-8-22)20-21-17(23)26-12(2)15(24)19-14-6-4-5-13(18)11-14/h4-6,11-12H,3,7-10H2,1-2H3,(H,19,24)/t12-/m0/s1. The minimum absolute atomic E-state index is 0.209. The van der Waals surface area contributed by atoms with E-state index in [1.165, 1.54) is 23.9 Å². The van der Waals surface area contributed by atoms with Gasteiger partial charge >= 0.3 is 0 Å². The van der Waals surface area contributed by atoms with E-state index >= 15 is 0 Å². The summed E-state index contributed by atoms with van der Waals surface area (Å²) in [6, 6.07) is 5.85. The molecule has 0 saturated carbocycles. The highest BCUT2D eigenvalue weighted by Gasteiger charge is 2.23. The molecular weight excluding hydrogens is 357 g/mol. The van der Waals surface area contributed by atoms with Gasteiger partial charge < -0.3 is 15.0 Å². The Hall–Kier alpha value is -2.13. The second-order valence-corrected chi connectivity index (χ2v) is 7.19. The van der Waals surface area contributed by atoms with Crippen LogP contribution in [0.5, 0.6) is 0 Å². The van der Waals surface area contributed by atoms with Gasteiger partial charge in [0.05, 0.1) is 18.5 Å². The van der Waals surface area contributed by atoms with Crippen LogP contribution < -0.4 is 10.2 Å². The normalized spacial score (nSPS) is 15.7. The Kier molecular flexibility index (Phi) is 6.10. The summed E-state index contributed by atoms with van der Waals surface area (Å²) in [5, 5.41) is 11.6. The number of thioether (sulfide) groups is 1. The predicted octanol–water partition coefficient (Wildman–Crippen LogP) is 2.39. The molecule has 1 atom stereocenters. The molecule has 9 heteroatoms. The van der Waals surface area contributed by atoms with Crippen molar-refractivity contribution in [2.45, 2.75) is 30.8 Å². The van der Waals surface area contributed by atoms with Crippen molar-refractivity contribution < 1.29 is 13.9 Å². The molecule has 140 valence electrons. The Morgan fingerprint density at radius 1 is 1.38 bits per heavy atom. The van der Waals surface area contributed by atoms with E-state index in [0.717, 1.165) is 19.0 Å². The molecule has 1 fully saturated rings. The molecular formula is C17H22FN5O2S. The zero-order valence-corrected chi connectivity index (χ0v) is 15.6. The monoisotopic (exact) mass is 379 g/mol. The number of nitrogens with one attached hydrogen (secondary N) is 1. The third-order valence-corrected chi connectivity index (χ3v) is 5.13. The van der Waals surface area contributed by atoms with Gasteiger partial charge in [-0.3, -0.25) is 9.36 Å². The van der Waals surface area contributed by atoms with Crippen molar-refractivity contribution in [3.05, 3.63) is 30.1 Å². The zero-order valence-electron chi connectivity index (χ0n) is 14.8. The number of rotatable bonds is 6. The first-order valence-corrected chi connectivity index (χ1v) is 9.45. The van der Waals surface area contributed by atoms with Gasteiger partial charge in [-0.25, -0.2) is 4.39 Å². The lowest BCUT2D eigenvalue weighted by molar-refractivity contribution is -0.115. The Balaban J connectivity index is 1.67. The van der Waals surface area contributed by atoms with Crippen LogP contribution in [0.15, 0.2) is 29.4 Å². The lowest BCUT2D eigenvalue weighted by Gasteiger charge is -2.27. The molecule has 1 aliphatic rings. The molecule has 2 aromatic rings. The molecule has 0 bridgehead atoms. The summed E-state index contributed by atoms with van der Waals surface area (Å²) >= 11 is 1.34. The topological polar surface area (TPSA) is 72.3 Å². The lowest BCUT2D eigenvalue weighted by Crippen LogP contribution is -2.38. The van der Waals surface area contributed by atoms with E-state index < -0.39 is 5.25 Å². The zero-order chi connectivity index (χ0) is 18.5. The molecule has 2 heterocycles. The van der Waals surface area contributed by atoms with E-state index in [-0.39, 0.29) is 11.7 Å². The second-order valence-electron chi connectivity index (χ2n) is 5.89. The van der Waals surface area contributed by atoms with Gasteiger partial charge in [-0.1, -0.05) is 17.8 Å². The summed E-state index contributed by atoms with van der Waals surface area (Å²) in [6.07, 6.45) is 0. The summed E-state index contributed by atoms with van der Waals surface area (Å²) in [5.41, 5.74) is 0.438. The van der Waals surface area contributed by atoms with Crippen LogP contribution in [0.3, 0.4) is 0 Å². The number of ether oxygens (including phenoxy) is 1. The summed E-state index contributed by atoms with van der Waals surface area (Å²) in [5.74, 6) is 0.208. The number of amides is 1. The number of anilines is 2. The molecule has 7 nitrogen and oxygen atoms in total. The van der Waals surface area contributed by atoms with Crippen molar-refractivity contribution in [1.82, 2.24) is 14.8 Å².